The third-order valence-corrected chi connectivity index (χ3v) is 8.76. The van der Waals surface area contributed by atoms with Crippen LogP contribution in [0.25, 0.3) is 0 Å². The second-order valence-electron chi connectivity index (χ2n) is 11.7. The van der Waals surface area contributed by atoms with E-state index in [2.05, 4.69) is 25.2 Å². The molecule has 4 unspecified atom stereocenters. The molecule has 4 aliphatic rings. The minimum atomic E-state index is -0.781. The SMILES string of the molecule is CCCCC[C@@H](/C=C/[C@@H]1[C@H]2C=C(C(C(=O)OC)C(C)O)C[C@H]2C[C@H]1OC1CCCCO1)OC1CCCCO1. The van der Waals surface area contributed by atoms with Crippen molar-refractivity contribution < 1.29 is 33.6 Å². The van der Waals surface area contributed by atoms with Crippen LogP contribution in [0.2, 0.25) is 0 Å². The van der Waals surface area contributed by atoms with Gasteiger partial charge < -0.3 is 28.8 Å². The second kappa shape index (κ2) is 14.9. The molecule has 9 atom stereocenters. The highest BCUT2D eigenvalue weighted by Gasteiger charge is 2.48. The fourth-order valence-corrected chi connectivity index (χ4v) is 6.76. The van der Waals surface area contributed by atoms with Crippen LogP contribution >= 0.6 is 0 Å². The Kier molecular flexibility index (Phi) is 11.7. The van der Waals surface area contributed by atoms with E-state index in [0.717, 1.165) is 83.0 Å². The molecule has 0 spiro atoms. The van der Waals surface area contributed by atoms with Crippen molar-refractivity contribution in [3.63, 3.8) is 0 Å². The molecule has 2 heterocycles. The largest absolute Gasteiger partial charge is 0.468 e. The molecule has 38 heavy (non-hydrogen) atoms. The Balaban J connectivity index is 1.52. The predicted octanol–water partition coefficient (Wildman–Crippen LogP) is 5.70. The lowest BCUT2D eigenvalue weighted by Crippen LogP contribution is -2.31. The van der Waals surface area contributed by atoms with Crippen LogP contribution in [0.1, 0.15) is 90.9 Å². The molecule has 2 aliphatic heterocycles. The monoisotopic (exact) mass is 534 g/mol. The van der Waals surface area contributed by atoms with Crippen LogP contribution < -0.4 is 0 Å². The van der Waals surface area contributed by atoms with Gasteiger partial charge in [0, 0.05) is 19.1 Å². The lowest BCUT2D eigenvalue weighted by molar-refractivity contribution is -0.192. The van der Waals surface area contributed by atoms with Crippen LogP contribution in [0, 0.1) is 23.7 Å². The fourth-order valence-electron chi connectivity index (χ4n) is 6.76. The molecule has 0 aromatic heterocycles. The smallest absolute Gasteiger partial charge is 0.315 e. The van der Waals surface area contributed by atoms with Gasteiger partial charge >= 0.3 is 5.97 Å². The first-order chi connectivity index (χ1) is 18.5. The van der Waals surface area contributed by atoms with Crippen molar-refractivity contribution in [2.24, 2.45) is 23.7 Å². The summed E-state index contributed by atoms with van der Waals surface area (Å²) in [5.41, 5.74) is 0.999. The average molecular weight is 535 g/mol. The van der Waals surface area contributed by atoms with Gasteiger partial charge in [0.1, 0.15) is 5.92 Å². The Bertz CT molecular complexity index is 781. The first-order valence-electron chi connectivity index (χ1n) is 15.2. The van der Waals surface area contributed by atoms with E-state index in [9.17, 15) is 9.90 Å². The zero-order chi connectivity index (χ0) is 26.9. The van der Waals surface area contributed by atoms with Crippen LogP contribution in [0.4, 0.5) is 0 Å². The van der Waals surface area contributed by atoms with Gasteiger partial charge in [0.2, 0.25) is 0 Å². The lowest BCUT2D eigenvalue weighted by atomic mass is 9.91. The van der Waals surface area contributed by atoms with Crippen molar-refractivity contribution in [1.29, 1.82) is 0 Å². The topological polar surface area (TPSA) is 83.5 Å². The number of hydrogen-bond acceptors (Lipinski definition) is 7. The van der Waals surface area contributed by atoms with Gasteiger partial charge in [-0.05, 0) is 76.5 Å². The summed E-state index contributed by atoms with van der Waals surface area (Å²) in [4.78, 5) is 12.5. The number of ether oxygens (including phenoxy) is 5. The quantitative estimate of drug-likeness (QED) is 0.184. The Hall–Kier alpha value is -1.25. The number of allylic oxidation sites excluding steroid dienone is 1. The molecule has 1 N–H and O–H groups in total. The van der Waals surface area contributed by atoms with Gasteiger partial charge in [0.05, 0.1) is 25.4 Å². The molecule has 0 amide bonds. The molecule has 0 aromatic rings. The molecule has 216 valence electrons. The van der Waals surface area contributed by atoms with Crippen molar-refractivity contribution in [2.45, 2.75) is 122 Å². The predicted molar refractivity (Wildman–Crippen MR) is 145 cm³/mol. The number of esters is 1. The lowest BCUT2D eigenvalue weighted by Gasteiger charge is -2.30. The van der Waals surface area contributed by atoms with Gasteiger partial charge in [-0.15, -0.1) is 0 Å². The van der Waals surface area contributed by atoms with Gasteiger partial charge in [0.15, 0.2) is 12.6 Å². The molecule has 0 aromatic carbocycles. The Morgan fingerprint density at radius 1 is 1.13 bits per heavy atom. The molecular weight excluding hydrogens is 484 g/mol. The van der Waals surface area contributed by atoms with Crippen molar-refractivity contribution in [1.82, 2.24) is 0 Å². The van der Waals surface area contributed by atoms with E-state index in [1.807, 2.05) is 0 Å². The maximum absolute atomic E-state index is 12.5. The van der Waals surface area contributed by atoms with E-state index in [1.54, 1.807) is 6.92 Å². The Morgan fingerprint density at radius 3 is 2.50 bits per heavy atom. The molecular formula is C31H50O7. The summed E-state index contributed by atoms with van der Waals surface area (Å²) in [6.07, 6.45) is 18.4. The normalized spacial score (nSPS) is 34.1. The average Bonchev–Trinajstić information content (AvgIpc) is 3.45. The van der Waals surface area contributed by atoms with E-state index in [0.29, 0.717) is 5.92 Å². The molecule has 2 saturated heterocycles. The van der Waals surface area contributed by atoms with Gasteiger partial charge in [-0.3, -0.25) is 4.79 Å². The minimum Gasteiger partial charge on any atom is -0.468 e. The molecule has 0 radical (unpaired) electrons. The van der Waals surface area contributed by atoms with Gasteiger partial charge in [0.25, 0.3) is 0 Å². The fraction of sp³-hybridized carbons (Fsp3) is 0.839. The first-order valence-corrected chi connectivity index (χ1v) is 15.2. The standard InChI is InChI=1S/C31H50O7/c1-4-5-6-11-24(37-28-12-7-9-16-35-28)14-15-25-26-19-23(30(21(2)32)31(33)34-3)18-22(26)20-27(25)38-29-13-8-10-17-36-29/h14-15,19,21-22,24-30,32H,4-13,16-18,20H2,1-3H3/b15-14+/t21?,22-,24-,25+,26-,27+,28?,29?,30?/m0/s1. The van der Waals surface area contributed by atoms with Gasteiger partial charge in [-0.2, -0.15) is 0 Å². The number of unbranched alkanes of at least 4 members (excludes halogenated alkanes) is 2. The summed E-state index contributed by atoms with van der Waals surface area (Å²) in [6, 6.07) is 0. The molecule has 0 bridgehead atoms. The van der Waals surface area contributed by atoms with Crippen molar-refractivity contribution in [3.05, 3.63) is 23.8 Å². The number of carbonyl (C=O) groups is 1. The van der Waals surface area contributed by atoms with E-state index in [1.165, 1.54) is 20.0 Å². The van der Waals surface area contributed by atoms with Crippen LogP contribution in [0.5, 0.6) is 0 Å². The van der Waals surface area contributed by atoms with Crippen molar-refractivity contribution in [3.8, 4) is 0 Å². The summed E-state index contributed by atoms with van der Waals surface area (Å²) in [6.45, 7) is 5.44. The summed E-state index contributed by atoms with van der Waals surface area (Å²) < 4.78 is 29.9. The molecule has 7 heteroatoms. The van der Waals surface area contributed by atoms with E-state index < -0.39 is 12.0 Å². The summed E-state index contributed by atoms with van der Waals surface area (Å²) >= 11 is 0. The zero-order valence-electron chi connectivity index (χ0n) is 23.7. The van der Waals surface area contributed by atoms with Crippen LogP contribution in [0.15, 0.2) is 23.8 Å². The van der Waals surface area contributed by atoms with Crippen molar-refractivity contribution in [2.75, 3.05) is 20.3 Å². The van der Waals surface area contributed by atoms with E-state index in [-0.39, 0.29) is 42.6 Å². The number of aliphatic hydroxyl groups is 1. The second-order valence-corrected chi connectivity index (χ2v) is 11.7. The first kappa shape index (κ1) is 29.7. The summed E-state index contributed by atoms with van der Waals surface area (Å²) in [5.74, 6) is -0.174. The number of aliphatic hydroxyl groups excluding tert-OH is 1. The Morgan fingerprint density at radius 2 is 1.87 bits per heavy atom. The number of methoxy groups -OCH3 is 1. The third-order valence-electron chi connectivity index (χ3n) is 8.76. The van der Waals surface area contributed by atoms with Crippen molar-refractivity contribution >= 4 is 5.97 Å². The van der Waals surface area contributed by atoms with Crippen LogP contribution in [0.3, 0.4) is 0 Å². The van der Waals surface area contributed by atoms with Gasteiger partial charge in [-0.25, -0.2) is 0 Å². The highest BCUT2D eigenvalue weighted by Crippen LogP contribution is 2.50. The molecule has 4 rings (SSSR count). The summed E-state index contributed by atoms with van der Waals surface area (Å²) in [7, 11) is 1.39. The van der Waals surface area contributed by atoms with Crippen LogP contribution in [-0.2, 0) is 28.5 Å². The minimum absolute atomic E-state index is 0.0143. The third kappa shape index (κ3) is 7.91. The maximum Gasteiger partial charge on any atom is 0.315 e. The molecule has 3 fully saturated rings. The zero-order valence-corrected chi connectivity index (χ0v) is 23.7. The number of rotatable bonds is 13. The van der Waals surface area contributed by atoms with E-state index in [4.69, 9.17) is 23.7 Å². The molecule has 7 nitrogen and oxygen atoms in total. The number of carbonyl (C=O) groups excluding carboxylic acids is 1. The highest BCUT2D eigenvalue weighted by atomic mass is 16.7. The molecule has 1 saturated carbocycles. The summed E-state index contributed by atoms with van der Waals surface area (Å²) in [5, 5.41) is 10.4. The maximum atomic E-state index is 12.5. The van der Waals surface area contributed by atoms with Crippen LogP contribution in [-0.4, -0.2) is 62.3 Å². The molecule has 2 aliphatic carbocycles. The number of hydrogen-bond donors (Lipinski definition) is 1. The Labute approximate surface area is 229 Å². The van der Waals surface area contributed by atoms with Gasteiger partial charge in [-0.1, -0.05) is 50.0 Å². The number of fused-ring (bicyclic) bond motifs is 1. The highest BCUT2D eigenvalue weighted by molar-refractivity contribution is 5.76. The van der Waals surface area contributed by atoms with E-state index >= 15 is 0 Å².